The number of ether oxygens (including phenoxy) is 2. The second-order valence-corrected chi connectivity index (χ2v) is 6.39. The van der Waals surface area contributed by atoms with Gasteiger partial charge in [-0.1, -0.05) is 6.07 Å². The summed E-state index contributed by atoms with van der Waals surface area (Å²) in [6.45, 7) is 3.13. The van der Waals surface area contributed by atoms with Gasteiger partial charge in [-0.3, -0.25) is 9.69 Å². The van der Waals surface area contributed by atoms with Crippen molar-refractivity contribution in [2.45, 2.75) is 25.9 Å². The zero-order valence-electron chi connectivity index (χ0n) is 13.8. The number of carbonyl (C=O) groups excluding carboxylic acids is 1. The topological polar surface area (TPSA) is 108 Å². The highest BCUT2D eigenvalue weighted by Crippen LogP contribution is 2.32. The zero-order chi connectivity index (χ0) is 17.2. The number of nitrogens with zero attached hydrogens (tertiary/aromatic N) is 5. The van der Waals surface area contributed by atoms with E-state index in [1.165, 1.54) is 0 Å². The van der Waals surface area contributed by atoms with Crippen molar-refractivity contribution in [3.63, 3.8) is 0 Å². The van der Waals surface area contributed by atoms with E-state index in [2.05, 4.69) is 20.4 Å². The molecule has 0 atom stereocenters. The summed E-state index contributed by atoms with van der Waals surface area (Å²) in [6.07, 6.45) is 1.58. The van der Waals surface area contributed by atoms with E-state index in [1.807, 2.05) is 18.2 Å². The van der Waals surface area contributed by atoms with Crippen molar-refractivity contribution in [3.8, 4) is 11.5 Å². The summed E-state index contributed by atoms with van der Waals surface area (Å²) in [6, 6.07) is 5.83. The van der Waals surface area contributed by atoms with Crippen LogP contribution in [-0.4, -0.2) is 50.9 Å². The van der Waals surface area contributed by atoms with E-state index in [0.717, 1.165) is 48.8 Å². The third kappa shape index (κ3) is 3.41. The van der Waals surface area contributed by atoms with E-state index >= 15 is 0 Å². The molecule has 1 fully saturated rings. The van der Waals surface area contributed by atoms with Crippen molar-refractivity contribution in [3.05, 3.63) is 29.6 Å². The highest BCUT2D eigenvalue weighted by atomic mass is 16.7. The molecule has 1 saturated heterocycles. The first-order chi connectivity index (χ1) is 12.2. The van der Waals surface area contributed by atoms with Crippen molar-refractivity contribution >= 4 is 5.91 Å². The zero-order valence-corrected chi connectivity index (χ0v) is 13.8. The number of tetrazole rings is 1. The van der Waals surface area contributed by atoms with Crippen LogP contribution >= 0.6 is 0 Å². The Bertz CT molecular complexity index is 769. The van der Waals surface area contributed by atoms with Gasteiger partial charge in [0.15, 0.2) is 17.3 Å². The summed E-state index contributed by atoms with van der Waals surface area (Å²) in [4.78, 5) is 13.5. The lowest BCUT2D eigenvalue weighted by Gasteiger charge is -2.29. The second-order valence-electron chi connectivity index (χ2n) is 6.39. The third-order valence-electron chi connectivity index (χ3n) is 4.73. The number of nitrogens with two attached hydrogens (primary N) is 1. The first-order valence-electron chi connectivity index (χ1n) is 8.34. The van der Waals surface area contributed by atoms with Gasteiger partial charge in [0, 0.05) is 5.92 Å². The molecule has 0 radical (unpaired) electrons. The maximum Gasteiger partial charge on any atom is 0.231 e. The van der Waals surface area contributed by atoms with Gasteiger partial charge in [-0.05, 0) is 54.1 Å². The number of hydrogen-bond acceptors (Lipinski definition) is 7. The van der Waals surface area contributed by atoms with Crippen LogP contribution in [0.4, 0.5) is 0 Å². The summed E-state index contributed by atoms with van der Waals surface area (Å²) in [5, 5.41) is 12.0. The minimum absolute atomic E-state index is 0.0131. The lowest BCUT2D eigenvalue weighted by molar-refractivity contribution is -0.123. The molecule has 0 aliphatic carbocycles. The summed E-state index contributed by atoms with van der Waals surface area (Å²) in [5.74, 6) is 2.10. The van der Waals surface area contributed by atoms with Crippen LogP contribution in [0.1, 0.15) is 24.2 Å². The van der Waals surface area contributed by atoms with Crippen LogP contribution in [0.2, 0.25) is 0 Å². The Morgan fingerprint density at radius 2 is 2.00 bits per heavy atom. The Labute approximate surface area is 144 Å². The van der Waals surface area contributed by atoms with Crippen LogP contribution in [0.25, 0.3) is 0 Å². The molecule has 132 valence electrons. The Balaban J connectivity index is 1.40. The van der Waals surface area contributed by atoms with Crippen LogP contribution in [0.15, 0.2) is 18.2 Å². The minimum atomic E-state index is -0.202. The standard InChI is InChI=1S/C16H20N6O3/c17-16(23)12-3-5-21(6-4-12)9-15-18-19-20-22(15)8-11-1-2-13-14(7-11)25-10-24-13/h1-2,7,12H,3-6,8-10H2,(H2,17,23). The molecule has 0 saturated carbocycles. The lowest BCUT2D eigenvalue weighted by atomic mass is 9.96. The molecule has 1 amide bonds. The van der Waals surface area contributed by atoms with Gasteiger partial charge in [-0.2, -0.15) is 0 Å². The molecule has 2 aliphatic rings. The molecule has 3 heterocycles. The molecule has 0 unspecified atom stereocenters. The number of hydrogen-bond donors (Lipinski definition) is 1. The Kier molecular flexibility index (Phi) is 4.22. The highest BCUT2D eigenvalue weighted by molar-refractivity contribution is 5.76. The number of fused-ring (bicyclic) bond motifs is 1. The van der Waals surface area contributed by atoms with E-state index in [0.29, 0.717) is 13.1 Å². The Morgan fingerprint density at radius 3 is 2.80 bits per heavy atom. The average Bonchev–Trinajstić information content (AvgIpc) is 3.24. The number of aromatic nitrogens is 4. The third-order valence-corrected chi connectivity index (χ3v) is 4.73. The molecule has 9 nitrogen and oxygen atoms in total. The first-order valence-corrected chi connectivity index (χ1v) is 8.34. The van der Waals surface area contributed by atoms with Gasteiger partial charge in [0.25, 0.3) is 0 Å². The van der Waals surface area contributed by atoms with Crippen LogP contribution in [0, 0.1) is 5.92 Å². The second kappa shape index (κ2) is 6.67. The van der Waals surface area contributed by atoms with Crippen LogP contribution in [-0.2, 0) is 17.9 Å². The fraction of sp³-hybridized carbons (Fsp3) is 0.500. The van der Waals surface area contributed by atoms with Gasteiger partial charge < -0.3 is 15.2 Å². The van der Waals surface area contributed by atoms with E-state index in [-0.39, 0.29) is 18.6 Å². The first kappa shape index (κ1) is 15.8. The maximum atomic E-state index is 11.3. The normalized spacial score (nSPS) is 17.8. The van der Waals surface area contributed by atoms with E-state index in [9.17, 15) is 4.79 Å². The predicted octanol–water partition coefficient (Wildman–Crippen LogP) is 0.147. The Hall–Kier alpha value is -2.68. The van der Waals surface area contributed by atoms with Crippen molar-refractivity contribution in [1.29, 1.82) is 0 Å². The van der Waals surface area contributed by atoms with Gasteiger partial charge in [-0.15, -0.1) is 5.10 Å². The molecule has 1 aromatic heterocycles. The molecular weight excluding hydrogens is 324 g/mol. The van der Waals surface area contributed by atoms with Gasteiger partial charge in [0.2, 0.25) is 12.7 Å². The number of rotatable bonds is 5. The number of carbonyl (C=O) groups is 1. The van der Waals surface area contributed by atoms with Gasteiger partial charge >= 0.3 is 0 Å². The summed E-state index contributed by atoms with van der Waals surface area (Å²) in [7, 11) is 0. The van der Waals surface area contributed by atoms with E-state index < -0.39 is 0 Å². The van der Waals surface area contributed by atoms with Crippen LogP contribution < -0.4 is 15.2 Å². The van der Waals surface area contributed by atoms with Crippen LogP contribution in [0.5, 0.6) is 11.5 Å². The van der Waals surface area contributed by atoms with Gasteiger partial charge in [0.1, 0.15) is 0 Å². The van der Waals surface area contributed by atoms with Crippen molar-refractivity contribution < 1.29 is 14.3 Å². The fourth-order valence-electron chi connectivity index (χ4n) is 3.25. The highest BCUT2D eigenvalue weighted by Gasteiger charge is 2.24. The van der Waals surface area contributed by atoms with Gasteiger partial charge in [-0.25, -0.2) is 4.68 Å². The number of amides is 1. The number of likely N-dealkylation sites (tertiary alicyclic amines) is 1. The summed E-state index contributed by atoms with van der Waals surface area (Å²) < 4.78 is 12.5. The molecule has 0 spiro atoms. The molecular formula is C16H20N6O3. The quantitative estimate of drug-likeness (QED) is 0.822. The van der Waals surface area contributed by atoms with Crippen molar-refractivity contribution in [2.24, 2.45) is 11.7 Å². The predicted molar refractivity (Wildman–Crippen MR) is 86.7 cm³/mol. The monoisotopic (exact) mass is 344 g/mol. The molecule has 9 heteroatoms. The number of benzene rings is 1. The van der Waals surface area contributed by atoms with Crippen LogP contribution in [0.3, 0.4) is 0 Å². The van der Waals surface area contributed by atoms with Crippen molar-refractivity contribution in [1.82, 2.24) is 25.1 Å². The molecule has 2 N–H and O–H groups in total. The smallest absolute Gasteiger partial charge is 0.231 e. The molecule has 0 bridgehead atoms. The Morgan fingerprint density at radius 1 is 1.20 bits per heavy atom. The lowest BCUT2D eigenvalue weighted by Crippen LogP contribution is -2.38. The number of primary amides is 1. The van der Waals surface area contributed by atoms with E-state index in [4.69, 9.17) is 15.2 Å². The molecule has 25 heavy (non-hydrogen) atoms. The average molecular weight is 344 g/mol. The summed E-state index contributed by atoms with van der Waals surface area (Å²) in [5.41, 5.74) is 6.43. The maximum absolute atomic E-state index is 11.3. The molecule has 1 aromatic carbocycles. The van der Waals surface area contributed by atoms with Gasteiger partial charge in [0.05, 0.1) is 13.1 Å². The largest absolute Gasteiger partial charge is 0.454 e. The minimum Gasteiger partial charge on any atom is -0.454 e. The summed E-state index contributed by atoms with van der Waals surface area (Å²) >= 11 is 0. The van der Waals surface area contributed by atoms with Crippen molar-refractivity contribution in [2.75, 3.05) is 19.9 Å². The van der Waals surface area contributed by atoms with E-state index in [1.54, 1.807) is 4.68 Å². The molecule has 2 aliphatic heterocycles. The number of piperidine rings is 1. The molecule has 2 aromatic rings. The molecule has 4 rings (SSSR count). The SMILES string of the molecule is NC(=O)C1CCN(Cc2nnnn2Cc2ccc3c(c2)OCO3)CC1. The fourth-order valence-corrected chi connectivity index (χ4v) is 3.25.